The molecule has 3 rings (SSSR count). The summed E-state index contributed by atoms with van der Waals surface area (Å²) in [4.78, 5) is 9.54. The fourth-order valence-corrected chi connectivity index (χ4v) is 3.70. The van der Waals surface area contributed by atoms with Gasteiger partial charge in [0.2, 0.25) is 0 Å². The normalized spacial score (nSPS) is 25.7. The van der Waals surface area contributed by atoms with Gasteiger partial charge in [-0.2, -0.15) is 0 Å². The SMILES string of the molecule is Cc1csc(N2CCN(CC3CCCCO3)CC2)n1. The van der Waals surface area contributed by atoms with Crippen molar-refractivity contribution in [1.82, 2.24) is 9.88 Å². The molecule has 4 nitrogen and oxygen atoms in total. The van der Waals surface area contributed by atoms with Gasteiger partial charge in [0.05, 0.1) is 11.8 Å². The summed E-state index contributed by atoms with van der Waals surface area (Å²) in [5, 5.41) is 3.32. The van der Waals surface area contributed by atoms with Gasteiger partial charge in [-0.1, -0.05) is 0 Å². The summed E-state index contributed by atoms with van der Waals surface area (Å²) in [5.41, 5.74) is 1.14. The molecule has 5 heteroatoms. The van der Waals surface area contributed by atoms with Gasteiger partial charge in [0.25, 0.3) is 0 Å². The molecule has 1 unspecified atom stereocenters. The molecule has 1 atom stereocenters. The number of rotatable bonds is 3. The van der Waals surface area contributed by atoms with Crippen molar-refractivity contribution in [2.24, 2.45) is 0 Å². The van der Waals surface area contributed by atoms with Gasteiger partial charge in [-0.15, -0.1) is 11.3 Å². The van der Waals surface area contributed by atoms with Gasteiger partial charge < -0.3 is 9.64 Å². The number of aromatic nitrogens is 1. The van der Waals surface area contributed by atoms with Crippen LogP contribution >= 0.6 is 11.3 Å². The number of ether oxygens (including phenoxy) is 1. The Morgan fingerprint density at radius 3 is 2.79 bits per heavy atom. The van der Waals surface area contributed by atoms with E-state index in [9.17, 15) is 0 Å². The van der Waals surface area contributed by atoms with Crippen LogP contribution in [0.4, 0.5) is 5.13 Å². The van der Waals surface area contributed by atoms with Crippen LogP contribution in [0.1, 0.15) is 25.0 Å². The highest BCUT2D eigenvalue weighted by Gasteiger charge is 2.22. The lowest BCUT2D eigenvalue weighted by atomic mass is 10.1. The maximum Gasteiger partial charge on any atom is 0.185 e. The van der Waals surface area contributed by atoms with Crippen LogP contribution in [-0.4, -0.2) is 55.3 Å². The monoisotopic (exact) mass is 281 g/mol. The first kappa shape index (κ1) is 13.3. The van der Waals surface area contributed by atoms with E-state index in [2.05, 4.69) is 27.1 Å². The average molecular weight is 281 g/mol. The Bertz CT molecular complexity index is 395. The van der Waals surface area contributed by atoms with Crippen molar-refractivity contribution < 1.29 is 4.74 Å². The predicted octanol–water partition coefficient (Wildman–Crippen LogP) is 2.14. The standard InChI is InChI=1S/C14H23N3OS/c1-12-11-19-14(15-12)17-7-5-16(6-8-17)10-13-4-2-3-9-18-13/h11,13H,2-10H2,1H3. The zero-order valence-electron chi connectivity index (χ0n) is 11.7. The van der Waals surface area contributed by atoms with Gasteiger partial charge in [-0.05, 0) is 26.2 Å². The topological polar surface area (TPSA) is 28.6 Å². The van der Waals surface area contributed by atoms with E-state index >= 15 is 0 Å². The first-order valence-electron chi connectivity index (χ1n) is 7.32. The lowest BCUT2D eigenvalue weighted by molar-refractivity contribution is -0.00645. The molecule has 1 aromatic rings. The van der Waals surface area contributed by atoms with Gasteiger partial charge in [0.15, 0.2) is 5.13 Å². The van der Waals surface area contributed by atoms with Crippen LogP contribution in [0.15, 0.2) is 5.38 Å². The summed E-state index contributed by atoms with van der Waals surface area (Å²) >= 11 is 1.76. The van der Waals surface area contributed by atoms with E-state index < -0.39 is 0 Å². The molecule has 106 valence electrons. The Hall–Kier alpha value is -0.650. The second kappa shape index (κ2) is 6.20. The lowest BCUT2D eigenvalue weighted by Crippen LogP contribution is -2.49. The van der Waals surface area contributed by atoms with Crippen molar-refractivity contribution in [3.63, 3.8) is 0 Å². The Morgan fingerprint density at radius 2 is 2.16 bits per heavy atom. The number of piperazine rings is 1. The van der Waals surface area contributed by atoms with E-state index in [1.54, 1.807) is 11.3 Å². The minimum atomic E-state index is 0.474. The Morgan fingerprint density at radius 1 is 1.32 bits per heavy atom. The molecule has 2 saturated heterocycles. The fraction of sp³-hybridized carbons (Fsp3) is 0.786. The third kappa shape index (κ3) is 3.46. The minimum Gasteiger partial charge on any atom is -0.377 e. The van der Waals surface area contributed by atoms with Crippen molar-refractivity contribution in [3.8, 4) is 0 Å². The first-order valence-corrected chi connectivity index (χ1v) is 8.20. The molecule has 0 bridgehead atoms. The average Bonchev–Trinajstić information content (AvgIpc) is 2.87. The van der Waals surface area contributed by atoms with Crippen molar-refractivity contribution in [1.29, 1.82) is 0 Å². The first-order chi connectivity index (χ1) is 9.31. The molecule has 2 aliphatic rings. The van der Waals surface area contributed by atoms with Gasteiger partial charge in [0.1, 0.15) is 0 Å². The van der Waals surface area contributed by atoms with Crippen LogP contribution < -0.4 is 4.90 Å². The summed E-state index contributed by atoms with van der Waals surface area (Å²) in [6.45, 7) is 8.61. The van der Waals surface area contributed by atoms with Crippen LogP contribution in [0.25, 0.3) is 0 Å². The highest BCUT2D eigenvalue weighted by Crippen LogP contribution is 2.22. The van der Waals surface area contributed by atoms with Crippen molar-refractivity contribution in [3.05, 3.63) is 11.1 Å². The maximum atomic E-state index is 5.83. The molecular formula is C14H23N3OS. The van der Waals surface area contributed by atoms with E-state index in [1.165, 1.54) is 24.4 Å². The molecule has 0 amide bonds. The largest absolute Gasteiger partial charge is 0.377 e. The summed E-state index contributed by atoms with van der Waals surface area (Å²) < 4.78 is 5.83. The number of hydrogen-bond donors (Lipinski definition) is 0. The lowest BCUT2D eigenvalue weighted by Gasteiger charge is -2.37. The second-order valence-electron chi connectivity index (χ2n) is 5.55. The summed E-state index contributed by atoms with van der Waals surface area (Å²) in [5.74, 6) is 0. The van der Waals surface area contributed by atoms with Crippen LogP contribution in [-0.2, 0) is 4.74 Å². The van der Waals surface area contributed by atoms with Crippen LogP contribution in [0, 0.1) is 6.92 Å². The molecule has 0 radical (unpaired) electrons. The minimum absolute atomic E-state index is 0.474. The van der Waals surface area contributed by atoms with Gasteiger partial charge in [-0.25, -0.2) is 4.98 Å². The van der Waals surface area contributed by atoms with Crippen LogP contribution in [0.5, 0.6) is 0 Å². The molecule has 1 aromatic heterocycles. The molecule has 3 heterocycles. The number of nitrogens with zero attached hydrogens (tertiary/aromatic N) is 3. The Balaban J connectivity index is 1.46. The molecule has 2 aliphatic heterocycles. The van der Waals surface area contributed by atoms with Crippen LogP contribution in [0.3, 0.4) is 0 Å². The van der Waals surface area contributed by atoms with E-state index in [-0.39, 0.29) is 0 Å². The van der Waals surface area contributed by atoms with E-state index in [0.29, 0.717) is 6.10 Å². The molecule has 2 fully saturated rings. The molecule has 0 saturated carbocycles. The van der Waals surface area contributed by atoms with E-state index in [4.69, 9.17) is 4.74 Å². The van der Waals surface area contributed by atoms with Gasteiger partial charge in [0, 0.05) is 44.7 Å². The highest BCUT2D eigenvalue weighted by atomic mass is 32.1. The van der Waals surface area contributed by atoms with Gasteiger partial charge in [-0.3, -0.25) is 4.90 Å². The maximum absolute atomic E-state index is 5.83. The van der Waals surface area contributed by atoms with Crippen molar-refractivity contribution in [2.75, 3.05) is 44.2 Å². The molecular weight excluding hydrogens is 258 g/mol. The second-order valence-corrected chi connectivity index (χ2v) is 6.38. The van der Waals surface area contributed by atoms with Crippen LogP contribution in [0.2, 0.25) is 0 Å². The van der Waals surface area contributed by atoms with Gasteiger partial charge >= 0.3 is 0 Å². The zero-order chi connectivity index (χ0) is 13.1. The van der Waals surface area contributed by atoms with Crippen molar-refractivity contribution in [2.45, 2.75) is 32.3 Å². The molecule has 0 N–H and O–H groups in total. The molecule has 0 spiro atoms. The molecule has 0 aromatic carbocycles. The molecule has 0 aliphatic carbocycles. The smallest absolute Gasteiger partial charge is 0.185 e. The fourth-order valence-electron chi connectivity index (χ4n) is 2.85. The Kier molecular flexibility index (Phi) is 4.35. The number of thiazole rings is 1. The number of aryl methyl sites for hydroxylation is 1. The number of hydrogen-bond acceptors (Lipinski definition) is 5. The highest BCUT2D eigenvalue weighted by molar-refractivity contribution is 7.13. The zero-order valence-corrected chi connectivity index (χ0v) is 12.5. The van der Waals surface area contributed by atoms with E-state index in [1.807, 2.05) is 0 Å². The Labute approximate surface area is 119 Å². The predicted molar refractivity (Wildman–Crippen MR) is 79.1 cm³/mol. The summed E-state index contributed by atoms with van der Waals surface area (Å²) in [6, 6.07) is 0. The third-order valence-corrected chi connectivity index (χ3v) is 5.00. The summed E-state index contributed by atoms with van der Waals surface area (Å²) in [7, 11) is 0. The van der Waals surface area contributed by atoms with Crippen molar-refractivity contribution >= 4 is 16.5 Å². The third-order valence-electron chi connectivity index (χ3n) is 3.99. The molecule has 19 heavy (non-hydrogen) atoms. The van der Waals surface area contributed by atoms with E-state index in [0.717, 1.165) is 45.0 Å². The number of anilines is 1. The quantitative estimate of drug-likeness (QED) is 0.849. The summed E-state index contributed by atoms with van der Waals surface area (Å²) in [6.07, 6.45) is 4.30.